The number of amides is 1. The molecular weight excluding hydrogens is 1570 g/mol. The highest BCUT2D eigenvalue weighted by atomic mass is 16.8. The Morgan fingerprint density at radius 1 is 0.564 bits per heavy atom. The fourth-order valence-electron chi connectivity index (χ4n) is 21.0. The molecule has 0 aromatic rings. The molecule has 41 nitrogen and oxygen atoms in total. The van der Waals surface area contributed by atoms with Crippen LogP contribution in [0.5, 0.6) is 0 Å². The Morgan fingerprint density at radius 2 is 1.18 bits per heavy atom. The largest absolute Gasteiger partial charge is 0.479 e. The molecule has 12 aliphatic rings. The van der Waals surface area contributed by atoms with E-state index in [0.717, 1.165) is 11.9 Å². The zero-order chi connectivity index (χ0) is 85.3. The minimum Gasteiger partial charge on any atom is -0.479 e. The number of nitrogens with one attached hydrogen (secondary N) is 1. The highest BCUT2D eigenvalue weighted by molar-refractivity contribution is 5.80. The Labute approximate surface area is 674 Å². The zero-order valence-corrected chi connectivity index (χ0v) is 66.6. The van der Waals surface area contributed by atoms with E-state index in [0.29, 0.717) is 45.1 Å². The molecule has 0 bridgehead atoms. The molecule has 1 amide bonds. The van der Waals surface area contributed by atoms with Crippen LogP contribution in [0, 0.1) is 50.2 Å². The number of ether oxygens (including phenoxy) is 17. The molecule has 7 aliphatic heterocycles. The van der Waals surface area contributed by atoms with Crippen LogP contribution in [0.3, 0.4) is 0 Å². The molecule has 3 unspecified atom stereocenters. The van der Waals surface area contributed by atoms with Gasteiger partial charge in [-0.05, 0) is 104 Å². The van der Waals surface area contributed by atoms with Crippen LogP contribution in [0.1, 0.15) is 106 Å². The number of carbonyl (C=O) groups is 4. The van der Waals surface area contributed by atoms with Gasteiger partial charge in [-0.25, -0.2) is 4.79 Å². The number of hydrogen-bond acceptors (Lipinski definition) is 39. The third-order valence-corrected chi connectivity index (χ3v) is 28.0. The van der Waals surface area contributed by atoms with Crippen molar-refractivity contribution >= 4 is 24.1 Å². The lowest BCUT2D eigenvalue weighted by Crippen LogP contribution is -2.70. The monoisotopic (exact) mass is 1690 g/mol. The van der Waals surface area contributed by atoms with Gasteiger partial charge in [0.1, 0.15) is 140 Å². The van der Waals surface area contributed by atoms with Crippen LogP contribution < -0.4 is 5.32 Å². The minimum atomic E-state index is -2.24. The number of rotatable bonds is 28. The van der Waals surface area contributed by atoms with E-state index in [4.69, 9.17) is 80.5 Å². The highest BCUT2D eigenvalue weighted by Crippen LogP contribution is 2.76. The molecule has 670 valence electrons. The smallest absolute Gasteiger partial charge is 0.335 e. The Bertz CT molecular complexity index is 3400. The van der Waals surface area contributed by atoms with Crippen LogP contribution in [0.4, 0.5) is 0 Å². The number of aldehydes is 1. The lowest BCUT2D eigenvalue weighted by atomic mass is 9.33. The van der Waals surface area contributed by atoms with Crippen LogP contribution in [-0.2, 0) is 99.7 Å². The first-order chi connectivity index (χ1) is 55.2. The first-order valence-electron chi connectivity index (χ1n) is 40.2. The van der Waals surface area contributed by atoms with Crippen LogP contribution in [0.2, 0.25) is 0 Å². The topological polar surface area (TPSA) is 622 Å². The number of carboxylic acid groups (broad SMARTS) is 1. The first kappa shape index (κ1) is 92.6. The molecule has 41 heteroatoms. The number of carbonyl (C=O) groups excluding carboxylic acids is 3. The summed E-state index contributed by atoms with van der Waals surface area (Å²) in [6.45, 7) is 8.94. The first-order valence-corrected chi connectivity index (χ1v) is 40.2. The average molecular weight is 1690 g/mol. The van der Waals surface area contributed by atoms with Gasteiger partial charge in [0.2, 0.25) is 12.2 Å². The molecular formula is C76H121NO40. The molecule has 7 saturated heterocycles. The van der Waals surface area contributed by atoms with E-state index in [1.54, 1.807) is 6.92 Å². The summed E-state index contributed by atoms with van der Waals surface area (Å²) in [7, 11) is 1.49. The van der Waals surface area contributed by atoms with Crippen molar-refractivity contribution < 1.29 is 197 Å². The van der Waals surface area contributed by atoms with E-state index in [9.17, 15) is 111 Å². The molecule has 20 N–H and O–H groups in total. The SMILES string of the molecule is COCCOCCOCC(=O)N[C@@H]1[C@H](O)[C@@H](O[C@H]2O[C@@H](C)[C@H](O[C@@H]3OC[C@@H](O)[C@H](O[C@@H]4OC[C@](O)(CO)[C@H]4O)[C@H]3O)[C@@H](O)[C@H]2O)[C@H](OC(=O)[C@]23CCC(C)(C)CC2C2=CCC4[C@@]5(C)CC[C@H](O[C@@H]6O[C@H](C(=O)O)[C@@H](O)[C@H](O[C@@H]7OC[C@@H](O)[C@H](O)[C@H]7O)[C@H]6O[C@H]6O[C@H](CO)[C@H](O)[C@H](O)[C@H]6O)[C@@](C)(C=O)C5CC[C@@]4(C)[C@]2(C)C[C@H]3O)O[C@@H]1CO. The second-order valence-electron chi connectivity index (χ2n) is 35.5. The van der Waals surface area contributed by atoms with Gasteiger partial charge in [-0.1, -0.05) is 53.2 Å². The van der Waals surface area contributed by atoms with Crippen molar-refractivity contribution in [2.45, 2.75) is 308 Å². The number of hydrogen-bond donors (Lipinski definition) is 20. The number of aliphatic hydroxyl groups excluding tert-OH is 17. The van der Waals surface area contributed by atoms with Crippen molar-refractivity contribution in [2.24, 2.45) is 50.2 Å². The van der Waals surface area contributed by atoms with Crippen molar-refractivity contribution in [3.05, 3.63) is 11.6 Å². The van der Waals surface area contributed by atoms with Gasteiger partial charge in [0.25, 0.3) is 0 Å². The number of aliphatic carboxylic acids is 1. The summed E-state index contributed by atoms with van der Waals surface area (Å²) < 4.78 is 100. The summed E-state index contributed by atoms with van der Waals surface area (Å²) >= 11 is 0. The number of esters is 1. The summed E-state index contributed by atoms with van der Waals surface area (Å²) in [5.41, 5.74) is -7.41. The molecule has 4 saturated carbocycles. The molecule has 117 heavy (non-hydrogen) atoms. The number of allylic oxidation sites excluding steroid dienone is 2. The van der Waals surface area contributed by atoms with E-state index in [-0.39, 0.29) is 45.0 Å². The van der Waals surface area contributed by atoms with Crippen LogP contribution in [0.25, 0.3) is 0 Å². The van der Waals surface area contributed by atoms with Gasteiger partial charge in [0, 0.05) is 7.11 Å². The van der Waals surface area contributed by atoms with E-state index in [1.807, 2.05) is 13.8 Å². The van der Waals surface area contributed by atoms with Gasteiger partial charge in [-0.3, -0.25) is 9.59 Å². The molecule has 12 rings (SSSR count). The van der Waals surface area contributed by atoms with Crippen LogP contribution in [-0.4, -0.2) is 403 Å². The van der Waals surface area contributed by atoms with Crippen molar-refractivity contribution in [3.8, 4) is 0 Å². The zero-order valence-electron chi connectivity index (χ0n) is 66.6. The molecule has 7 heterocycles. The van der Waals surface area contributed by atoms with Crippen molar-refractivity contribution in [3.63, 3.8) is 0 Å². The standard InChI is InChI=1S/C76H121NO40/c1-31-54(111-63-53(95)55(35(83)26-105-63)112-68-60(96)75(100,29-81)30-106-68)48(90)51(93)64(107-31)115-58-46(88)43(77-42(85)27-103-20-19-102-18-17-101-8)36(23-78)108-66(58)117-69(99)76-16-15-70(2,3)21-33(76)32-9-10-39-71(4)13-12-41(72(5,28-80)38(71)11-14-73(39,6)74(32,7)22-40(76)84)110-67-59(116-65-50(92)47(89)45(87)37(24-79)109-65)56(52(94)57(114-67)61(97)98)113-62-49(91)44(86)34(82)25-104-62/h9,28,31,33-41,43-60,62-68,78-79,81-84,86-96,100H,10-27,29-30H2,1-8H3,(H,77,85)(H,97,98)/t31-,33?,34+,35+,36+,37+,38?,39?,40+,41-,43-,44-,45-,46-,47-,48-,49+,50+,51+,52-,53+,54-,55-,56-,57-,58+,59+,60-,62-,63-,64+,65+,66-,67+,68-,71-,72-,73+,74+,75+,76+/m0/s1. The number of fused-ring (bicyclic) bond motifs is 7. The fraction of sp³-hybridized carbons (Fsp3) is 0.921. The number of methoxy groups -OCH3 is 1. The van der Waals surface area contributed by atoms with Crippen LogP contribution in [0.15, 0.2) is 11.6 Å². The predicted octanol–water partition coefficient (Wildman–Crippen LogP) is -7.57. The summed E-state index contributed by atoms with van der Waals surface area (Å²) in [6, 6.07) is -1.59. The van der Waals surface area contributed by atoms with Gasteiger partial charge >= 0.3 is 11.9 Å². The maximum Gasteiger partial charge on any atom is 0.335 e. The summed E-state index contributed by atoms with van der Waals surface area (Å²) in [4.78, 5) is 57.2. The fourth-order valence-corrected chi connectivity index (χ4v) is 21.0. The Morgan fingerprint density at radius 3 is 1.85 bits per heavy atom. The van der Waals surface area contributed by atoms with E-state index in [1.165, 1.54) is 14.0 Å². The highest BCUT2D eigenvalue weighted by Gasteiger charge is 2.73. The van der Waals surface area contributed by atoms with Crippen molar-refractivity contribution in [1.82, 2.24) is 5.32 Å². The second-order valence-corrected chi connectivity index (χ2v) is 35.5. The molecule has 0 aromatic heterocycles. The van der Waals surface area contributed by atoms with Gasteiger partial charge < -0.3 is 188 Å². The molecule has 0 spiro atoms. The van der Waals surface area contributed by atoms with Gasteiger partial charge in [0.15, 0.2) is 49.9 Å². The van der Waals surface area contributed by atoms with Crippen molar-refractivity contribution in [2.75, 3.05) is 79.8 Å². The molecule has 41 atom stereocenters. The maximum absolute atomic E-state index is 16.1. The summed E-state index contributed by atoms with van der Waals surface area (Å²) in [5.74, 6) is -5.16. The Kier molecular flexibility index (Phi) is 29.0. The van der Waals surface area contributed by atoms with Crippen LogP contribution >= 0.6 is 0 Å². The predicted molar refractivity (Wildman–Crippen MR) is 383 cm³/mol. The van der Waals surface area contributed by atoms with E-state index < -0.39 is 311 Å². The van der Waals surface area contributed by atoms with Gasteiger partial charge in [-0.15, -0.1) is 0 Å². The summed E-state index contributed by atoms with van der Waals surface area (Å²) in [6.07, 6.45) is -52.0. The Hall–Kier alpha value is -3.54. The normalized spacial score (nSPS) is 50.5. The lowest BCUT2D eigenvalue weighted by molar-refractivity contribution is -0.391. The quantitative estimate of drug-likeness (QED) is 0.0114. The third kappa shape index (κ3) is 17.2. The average Bonchev–Trinajstić information content (AvgIpc) is 0.857. The van der Waals surface area contributed by atoms with E-state index in [2.05, 4.69) is 32.2 Å². The maximum atomic E-state index is 16.1. The molecule has 5 aliphatic carbocycles. The third-order valence-electron chi connectivity index (χ3n) is 28.0. The van der Waals surface area contributed by atoms with Gasteiger partial charge in [0.05, 0.1) is 95.8 Å². The summed E-state index contributed by atoms with van der Waals surface area (Å²) in [5, 5.41) is 214. The second kappa shape index (κ2) is 36.6. The van der Waals surface area contributed by atoms with Gasteiger partial charge in [-0.2, -0.15) is 0 Å². The molecule has 11 fully saturated rings. The molecule has 0 radical (unpaired) electrons. The van der Waals surface area contributed by atoms with E-state index >= 15 is 4.79 Å². The number of aliphatic hydroxyl groups is 18. The van der Waals surface area contributed by atoms with Crippen molar-refractivity contribution in [1.29, 1.82) is 0 Å². The molecule has 0 aromatic carbocycles. The lowest BCUT2D eigenvalue weighted by Gasteiger charge is -2.71. The Balaban J connectivity index is 0.805. The number of carboxylic acids is 1. The minimum absolute atomic E-state index is 0.0272.